The summed E-state index contributed by atoms with van der Waals surface area (Å²) in [5.74, 6) is 1.55. The molecule has 0 aliphatic heterocycles. The molecule has 1 atom stereocenters. The van der Waals surface area contributed by atoms with Gasteiger partial charge in [0.05, 0.1) is 6.61 Å². The van der Waals surface area contributed by atoms with Gasteiger partial charge >= 0.3 is 5.97 Å². The van der Waals surface area contributed by atoms with Gasteiger partial charge in [0, 0.05) is 5.57 Å². The first-order valence-electron chi connectivity index (χ1n) is 8.80. The number of carbonyl (C=O) groups is 1. The lowest BCUT2D eigenvalue weighted by atomic mass is 9.87. The van der Waals surface area contributed by atoms with Gasteiger partial charge in [-0.1, -0.05) is 38.7 Å². The van der Waals surface area contributed by atoms with Crippen LogP contribution in [0.3, 0.4) is 0 Å². The Morgan fingerprint density at radius 3 is 2.42 bits per heavy atom. The van der Waals surface area contributed by atoms with Crippen LogP contribution in [0, 0.1) is 5.92 Å². The average Bonchev–Trinajstić information content (AvgIpc) is 2.57. The summed E-state index contributed by atoms with van der Waals surface area (Å²) < 4.78 is 16.6. The van der Waals surface area contributed by atoms with Crippen molar-refractivity contribution in [2.24, 2.45) is 5.92 Å². The summed E-state index contributed by atoms with van der Waals surface area (Å²) in [7, 11) is 0. The highest BCUT2D eigenvalue weighted by Crippen LogP contribution is 2.26. The molecule has 0 spiro atoms. The van der Waals surface area contributed by atoms with Gasteiger partial charge in [0.1, 0.15) is 11.5 Å². The number of benzene rings is 1. The largest absolute Gasteiger partial charge is 0.465 e. The fourth-order valence-electron chi connectivity index (χ4n) is 2.88. The van der Waals surface area contributed by atoms with E-state index in [0.717, 1.165) is 18.9 Å². The Kier molecular flexibility index (Phi) is 7.32. The van der Waals surface area contributed by atoms with Crippen molar-refractivity contribution >= 4 is 5.97 Å². The Morgan fingerprint density at radius 2 is 1.79 bits per heavy atom. The first-order chi connectivity index (χ1) is 11.5. The molecule has 132 valence electrons. The summed E-state index contributed by atoms with van der Waals surface area (Å²) >= 11 is 0. The van der Waals surface area contributed by atoms with Gasteiger partial charge in [-0.3, -0.25) is 0 Å². The molecule has 0 bridgehead atoms. The van der Waals surface area contributed by atoms with Crippen molar-refractivity contribution in [3.63, 3.8) is 0 Å². The van der Waals surface area contributed by atoms with Crippen LogP contribution >= 0.6 is 0 Å². The third-order valence-electron chi connectivity index (χ3n) is 4.29. The molecule has 0 amide bonds. The highest BCUT2D eigenvalue weighted by atomic mass is 16.7. The molecule has 4 heteroatoms. The lowest BCUT2D eigenvalue weighted by Gasteiger charge is -2.22. The number of hydrogen-bond donors (Lipinski definition) is 0. The fraction of sp³-hybridized carbons (Fsp3) is 0.550. The van der Waals surface area contributed by atoms with Crippen LogP contribution in [0.1, 0.15) is 52.4 Å². The van der Waals surface area contributed by atoms with Crippen molar-refractivity contribution in [3.8, 4) is 11.5 Å². The summed E-state index contributed by atoms with van der Waals surface area (Å²) in [5, 5.41) is 0. The first-order valence-corrected chi connectivity index (χ1v) is 8.80. The van der Waals surface area contributed by atoms with Crippen molar-refractivity contribution in [2.45, 2.75) is 58.7 Å². The van der Waals surface area contributed by atoms with Gasteiger partial charge in [0.15, 0.2) is 6.29 Å². The third-order valence-corrected chi connectivity index (χ3v) is 4.29. The quantitative estimate of drug-likeness (QED) is 0.294. The van der Waals surface area contributed by atoms with E-state index in [4.69, 9.17) is 14.2 Å². The van der Waals surface area contributed by atoms with E-state index in [0.29, 0.717) is 17.1 Å². The molecule has 1 aromatic rings. The van der Waals surface area contributed by atoms with Gasteiger partial charge in [0.2, 0.25) is 0 Å². The topological polar surface area (TPSA) is 44.8 Å². The van der Waals surface area contributed by atoms with E-state index in [9.17, 15) is 4.79 Å². The van der Waals surface area contributed by atoms with E-state index in [1.165, 1.54) is 32.1 Å². The lowest BCUT2D eigenvalue weighted by molar-refractivity contribution is -0.130. The highest BCUT2D eigenvalue weighted by Gasteiger charge is 2.14. The Labute approximate surface area is 144 Å². The second kappa shape index (κ2) is 9.48. The van der Waals surface area contributed by atoms with E-state index < -0.39 is 5.97 Å². The average molecular weight is 332 g/mol. The van der Waals surface area contributed by atoms with Crippen LogP contribution in [0.5, 0.6) is 11.5 Å². The maximum absolute atomic E-state index is 11.5. The molecular formula is C20H28O4. The predicted molar refractivity (Wildman–Crippen MR) is 94.1 cm³/mol. The summed E-state index contributed by atoms with van der Waals surface area (Å²) in [6, 6.07) is 6.93. The van der Waals surface area contributed by atoms with Gasteiger partial charge in [-0.15, -0.1) is 0 Å². The second-order valence-electron chi connectivity index (χ2n) is 6.49. The van der Waals surface area contributed by atoms with Crippen LogP contribution in [-0.4, -0.2) is 18.9 Å². The minimum absolute atomic E-state index is 0.294. The maximum atomic E-state index is 11.5. The smallest absolute Gasteiger partial charge is 0.338 e. The fourth-order valence-corrected chi connectivity index (χ4v) is 2.88. The Hall–Kier alpha value is -1.81. The van der Waals surface area contributed by atoms with E-state index in [2.05, 4.69) is 6.58 Å². The van der Waals surface area contributed by atoms with Crippen LogP contribution in [-0.2, 0) is 9.53 Å². The summed E-state index contributed by atoms with van der Waals surface area (Å²) in [6.45, 7) is 7.81. The zero-order valence-electron chi connectivity index (χ0n) is 14.8. The monoisotopic (exact) mass is 332 g/mol. The summed E-state index contributed by atoms with van der Waals surface area (Å²) in [4.78, 5) is 11.5. The molecule has 1 aliphatic rings. The van der Waals surface area contributed by atoms with E-state index >= 15 is 0 Å². The number of ether oxygens (including phenoxy) is 3. The van der Waals surface area contributed by atoms with Crippen LogP contribution in [0.2, 0.25) is 0 Å². The van der Waals surface area contributed by atoms with Crippen molar-refractivity contribution in [1.82, 2.24) is 0 Å². The molecule has 0 heterocycles. The normalized spacial score (nSPS) is 16.4. The molecule has 0 saturated heterocycles. The van der Waals surface area contributed by atoms with Crippen molar-refractivity contribution < 1.29 is 19.0 Å². The van der Waals surface area contributed by atoms with Gasteiger partial charge in [-0.25, -0.2) is 4.79 Å². The molecule has 1 fully saturated rings. The van der Waals surface area contributed by atoms with Gasteiger partial charge in [-0.05, 0) is 50.5 Å². The first kappa shape index (κ1) is 18.5. The zero-order chi connectivity index (χ0) is 17.4. The zero-order valence-corrected chi connectivity index (χ0v) is 14.8. The SMILES string of the molecule is C=C(C)C(=O)Oc1ccc(OC(C)OCCC2CCCCC2)cc1. The number of hydrogen-bond acceptors (Lipinski definition) is 4. The molecule has 0 radical (unpaired) electrons. The maximum Gasteiger partial charge on any atom is 0.338 e. The van der Waals surface area contributed by atoms with Gasteiger partial charge in [-0.2, -0.15) is 0 Å². The number of esters is 1. The van der Waals surface area contributed by atoms with E-state index in [-0.39, 0.29) is 6.29 Å². The van der Waals surface area contributed by atoms with E-state index in [1.807, 2.05) is 6.92 Å². The summed E-state index contributed by atoms with van der Waals surface area (Å²) in [5.41, 5.74) is 0.371. The molecule has 24 heavy (non-hydrogen) atoms. The molecule has 0 aromatic heterocycles. The van der Waals surface area contributed by atoms with Crippen molar-refractivity contribution in [1.29, 1.82) is 0 Å². The molecule has 1 saturated carbocycles. The Morgan fingerprint density at radius 1 is 1.17 bits per heavy atom. The van der Waals surface area contributed by atoms with Crippen LogP contribution in [0.15, 0.2) is 36.4 Å². The Bertz CT molecular complexity index is 529. The Balaban J connectivity index is 1.70. The molecular weight excluding hydrogens is 304 g/mol. The third kappa shape index (κ3) is 6.36. The van der Waals surface area contributed by atoms with Gasteiger partial charge in [0.25, 0.3) is 0 Å². The minimum atomic E-state index is -0.428. The standard InChI is InChI=1S/C20H28O4/c1-15(2)20(21)24-19-11-9-18(10-12-19)23-16(3)22-14-13-17-7-5-4-6-8-17/h9-12,16-17H,1,4-8,13-14H2,2-3H3. The molecule has 0 N–H and O–H groups in total. The predicted octanol–water partition coefficient (Wildman–Crippen LogP) is 4.88. The minimum Gasteiger partial charge on any atom is -0.465 e. The molecule has 1 unspecified atom stereocenters. The number of carbonyl (C=O) groups excluding carboxylic acids is 1. The molecule has 1 aromatic carbocycles. The second-order valence-corrected chi connectivity index (χ2v) is 6.49. The molecule has 4 nitrogen and oxygen atoms in total. The van der Waals surface area contributed by atoms with Crippen LogP contribution < -0.4 is 9.47 Å². The molecule has 1 aliphatic carbocycles. The molecule has 2 rings (SSSR count). The highest BCUT2D eigenvalue weighted by molar-refractivity contribution is 5.88. The van der Waals surface area contributed by atoms with E-state index in [1.54, 1.807) is 31.2 Å². The number of rotatable bonds is 8. The van der Waals surface area contributed by atoms with Crippen LogP contribution in [0.4, 0.5) is 0 Å². The van der Waals surface area contributed by atoms with Crippen LogP contribution in [0.25, 0.3) is 0 Å². The van der Waals surface area contributed by atoms with Crippen molar-refractivity contribution in [2.75, 3.05) is 6.61 Å². The summed E-state index contributed by atoms with van der Waals surface area (Å²) in [6.07, 6.45) is 7.60. The lowest BCUT2D eigenvalue weighted by Crippen LogP contribution is -2.19. The van der Waals surface area contributed by atoms with Crippen molar-refractivity contribution in [3.05, 3.63) is 36.4 Å². The van der Waals surface area contributed by atoms with Gasteiger partial charge < -0.3 is 14.2 Å².